The van der Waals surface area contributed by atoms with Crippen molar-refractivity contribution in [2.75, 3.05) is 6.54 Å². The summed E-state index contributed by atoms with van der Waals surface area (Å²) in [6.45, 7) is 1.08. The smallest absolute Gasteiger partial charge is 0.0682 e. The SMILES string of the molecule is OCc1ccc2[nH]cc(CCCCC3CC(c4ccccc4)=CCN3)c2c1. The maximum Gasteiger partial charge on any atom is 0.0682 e. The number of unbranched alkanes of at least 4 members (excludes halogenated alkanes) is 1. The number of aromatic amines is 1. The van der Waals surface area contributed by atoms with Gasteiger partial charge in [-0.25, -0.2) is 0 Å². The summed E-state index contributed by atoms with van der Waals surface area (Å²) in [5, 5.41) is 14.3. The monoisotopic (exact) mass is 360 g/mol. The van der Waals surface area contributed by atoms with Crippen LogP contribution in [0.4, 0.5) is 0 Å². The van der Waals surface area contributed by atoms with Gasteiger partial charge in [-0.05, 0) is 60.1 Å². The lowest BCUT2D eigenvalue weighted by molar-refractivity contribution is 0.282. The van der Waals surface area contributed by atoms with Gasteiger partial charge in [0.25, 0.3) is 0 Å². The van der Waals surface area contributed by atoms with Crippen LogP contribution in [0, 0.1) is 0 Å². The van der Waals surface area contributed by atoms with Crippen molar-refractivity contribution in [3.8, 4) is 0 Å². The van der Waals surface area contributed by atoms with Gasteiger partial charge in [0, 0.05) is 29.7 Å². The van der Waals surface area contributed by atoms with E-state index in [1.165, 1.54) is 41.3 Å². The van der Waals surface area contributed by atoms with Crippen LogP contribution in [0.15, 0.2) is 60.8 Å². The highest BCUT2D eigenvalue weighted by Gasteiger charge is 2.15. The quantitative estimate of drug-likeness (QED) is 0.529. The Hall–Kier alpha value is -2.36. The van der Waals surface area contributed by atoms with E-state index >= 15 is 0 Å². The van der Waals surface area contributed by atoms with E-state index in [1.54, 1.807) is 0 Å². The molecule has 1 atom stereocenters. The van der Waals surface area contributed by atoms with Crippen LogP contribution in [0.5, 0.6) is 0 Å². The molecule has 0 bridgehead atoms. The van der Waals surface area contributed by atoms with Gasteiger partial charge in [-0.3, -0.25) is 0 Å². The summed E-state index contributed by atoms with van der Waals surface area (Å²) in [4.78, 5) is 3.35. The van der Waals surface area contributed by atoms with E-state index in [9.17, 15) is 5.11 Å². The number of benzene rings is 2. The van der Waals surface area contributed by atoms with Crippen molar-refractivity contribution in [2.24, 2.45) is 0 Å². The number of H-pyrrole nitrogens is 1. The van der Waals surface area contributed by atoms with Gasteiger partial charge < -0.3 is 15.4 Å². The van der Waals surface area contributed by atoms with Crippen molar-refractivity contribution in [3.05, 3.63) is 77.5 Å². The minimum Gasteiger partial charge on any atom is -0.392 e. The third-order valence-corrected chi connectivity index (χ3v) is 5.63. The van der Waals surface area contributed by atoms with Crippen LogP contribution >= 0.6 is 0 Å². The maximum absolute atomic E-state index is 9.37. The van der Waals surface area contributed by atoms with E-state index in [1.807, 2.05) is 6.07 Å². The van der Waals surface area contributed by atoms with Gasteiger partial charge >= 0.3 is 0 Å². The molecule has 0 spiro atoms. The molecule has 140 valence electrons. The molecule has 2 heterocycles. The first-order valence-electron chi connectivity index (χ1n) is 10.0. The van der Waals surface area contributed by atoms with Gasteiger partial charge in [0.2, 0.25) is 0 Å². The lowest BCUT2D eigenvalue weighted by Gasteiger charge is -2.24. The molecule has 27 heavy (non-hydrogen) atoms. The molecule has 0 saturated carbocycles. The Balaban J connectivity index is 1.29. The molecule has 0 fully saturated rings. The van der Waals surface area contributed by atoms with E-state index < -0.39 is 0 Å². The van der Waals surface area contributed by atoms with Crippen LogP contribution in [0.25, 0.3) is 16.5 Å². The number of hydrogen-bond donors (Lipinski definition) is 3. The Morgan fingerprint density at radius 2 is 1.93 bits per heavy atom. The lowest BCUT2D eigenvalue weighted by atomic mass is 9.92. The van der Waals surface area contributed by atoms with E-state index in [-0.39, 0.29) is 6.61 Å². The Morgan fingerprint density at radius 3 is 2.78 bits per heavy atom. The fourth-order valence-electron chi connectivity index (χ4n) is 4.10. The molecule has 1 aromatic heterocycles. The van der Waals surface area contributed by atoms with E-state index in [0.717, 1.165) is 30.5 Å². The van der Waals surface area contributed by atoms with Crippen LogP contribution in [-0.2, 0) is 13.0 Å². The van der Waals surface area contributed by atoms with Gasteiger partial charge in [-0.1, -0.05) is 48.9 Å². The third kappa shape index (κ3) is 4.32. The average Bonchev–Trinajstić information content (AvgIpc) is 3.14. The second kappa shape index (κ2) is 8.55. The van der Waals surface area contributed by atoms with Gasteiger partial charge in [-0.15, -0.1) is 0 Å². The standard InChI is InChI=1S/C24H28N2O/c27-17-18-10-11-24-23(14-18)21(16-26-24)8-4-5-9-22-15-20(12-13-25-22)19-6-2-1-3-7-19/h1-3,6-7,10-12,14,16,22,25-27H,4-5,8-9,13,15,17H2. The molecule has 4 rings (SSSR count). The fraction of sp³-hybridized carbons (Fsp3) is 0.333. The number of hydrogen-bond acceptors (Lipinski definition) is 2. The molecule has 0 saturated heterocycles. The Labute approximate surface area is 161 Å². The van der Waals surface area contributed by atoms with Gasteiger partial charge in [-0.2, -0.15) is 0 Å². The Kier molecular flexibility index (Phi) is 5.71. The van der Waals surface area contributed by atoms with Crippen LogP contribution < -0.4 is 5.32 Å². The van der Waals surface area contributed by atoms with Gasteiger partial charge in [0.1, 0.15) is 0 Å². The van der Waals surface area contributed by atoms with Crippen LogP contribution in [-0.4, -0.2) is 22.7 Å². The molecule has 1 aliphatic rings. The molecule has 0 amide bonds. The first kappa shape index (κ1) is 18.0. The van der Waals surface area contributed by atoms with Crippen molar-refractivity contribution in [2.45, 2.75) is 44.8 Å². The zero-order valence-corrected chi connectivity index (χ0v) is 15.7. The van der Waals surface area contributed by atoms with Crippen LogP contribution in [0.2, 0.25) is 0 Å². The predicted molar refractivity (Wildman–Crippen MR) is 113 cm³/mol. The highest BCUT2D eigenvalue weighted by atomic mass is 16.3. The van der Waals surface area contributed by atoms with Crippen molar-refractivity contribution in [1.29, 1.82) is 0 Å². The molecule has 1 aliphatic heterocycles. The number of fused-ring (bicyclic) bond motifs is 1. The molecule has 0 aliphatic carbocycles. The van der Waals surface area contributed by atoms with Crippen molar-refractivity contribution >= 4 is 16.5 Å². The molecule has 3 nitrogen and oxygen atoms in total. The second-order valence-electron chi connectivity index (χ2n) is 7.50. The summed E-state index contributed by atoms with van der Waals surface area (Å²) in [6.07, 6.45) is 10.3. The number of aliphatic hydroxyl groups excluding tert-OH is 1. The van der Waals surface area contributed by atoms with Crippen LogP contribution in [0.3, 0.4) is 0 Å². The molecule has 0 radical (unpaired) electrons. The number of rotatable bonds is 7. The third-order valence-electron chi connectivity index (χ3n) is 5.63. The largest absolute Gasteiger partial charge is 0.392 e. The first-order chi connectivity index (χ1) is 13.3. The zero-order valence-electron chi connectivity index (χ0n) is 15.7. The molecule has 2 aromatic carbocycles. The summed E-state index contributed by atoms with van der Waals surface area (Å²) in [5.74, 6) is 0. The predicted octanol–water partition coefficient (Wildman–Crippen LogP) is 4.82. The normalized spacial score (nSPS) is 17.2. The summed E-state index contributed by atoms with van der Waals surface area (Å²) in [5.41, 5.74) is 6.35. The van der Waals surface area contributed by atoms with E-state index in [0.29, 0.717) is 6.04 Å². The first-order valence-corrected chi connectivity index (χ1v) is 10.0. The number of aromatic nitrogens is 1. The molecule has 3 N–H and O–H groups in total. The average molecular weight is 361 g/mol. The summed E-state index contributed by atoms with van der Waals surface area (Å²) in [6, 6.07) is 17.5. The summed E-state index contributed by atoms with van der Waals surface area (Å²) >= 11 is 0. The molecule has 3 aromatic rings. The van der Waals surface area contributed by atoms with Crippen molar-refractivity contribution < 1.29 is 5.11 Å². The fourth-order valence-corrected chi connectivity index (χ4v) is 4.10. The lowest BCUT2D eigenvalue weighted by Crippen LogP contribution is -2.32. The minimum atomic E-state index is 0.102. The summed E-state index contributed by atoms with van der Waals surface area (Å²) in [7, 11) is 0. The molecule has 1 unspecified atom stereocenters. The van der Waals surface area contributed by atoms with E-state index in [2.05, 4.69) is 65.0 Å². The van der Waals surface area contributed by atoms with Crippen LogP contribution in [0.1, 0.15) is 42.4 Å². The molecular weight excluding hydrogens is 332 g/mol. The molecular formula is C24H28N2O. The highest BCUT2D eigenvalue weighted by molar-refractivity contribution is 5.83. The van der Waals surface area contributed by atoms with Crippen molar-refractivity contribution in [1.82, 2.24) is 10.3 Å². The maximum atomic E-state index is 9.37. The Morgan fingerprint density at radius 1 is 1.04 bits per heavy atom. The molecule has 3 heteroatoms. The topological polar surface area (TPSA) is 48.0 Å². The second-order valence-corrected chi connectivity index (χ2v) is 7.50. The van der Waals surface area contributed by atoms with E-state index in [4.69, 9.17) is 0 Å². The number of aryl methyl sites for hydroxylation is 1. The summed E-state index contributed by atoms with van der Waals surface area (Å²) < 4.78 is 0. The number of aliphatic hydroxyl groups is 1. The van der Waals surface area contributed by atoms with Crippen molar-refractivity contribution in [3.63, 3.8) is 0 Å². The number of nitrogens with one attached hydrogen (secondary N) is 2. The van der Waals surface area contributed by atoms with Gasteiger partial charge in [0.15, 0.2) is 0 Å². The Bertz CT molecular complexity index is 911. The van der Waals surface area contributed by atoms with Gasteiger partial charge in [0.05, 0.1) is 6.61 Å². The minimum absolute atomic E-state index is 0.102. The zero-order chi connectivity index (χ0) is 18.5. The highest BCUT2D eigenvalue weighted by Crippen LogP contribution is 2.25.